The van der Waals surface area contributed by atoms with E-state index < -0.39 is 0 Å². The zero-order chi connectivity index (χ0) is 14.1. The zero-order valence-electron chi connectivity index (χ0n) is 11.2. The number of aromatic hydroxyl groups is 2. The molecule has 1 aromatic carbocycles. The molecule has 1 saturated heterocycles. The van der Waals surface area contributed by atoms with Crippen molar-refractivity contribution in [1.29, 1.82) is 0 Å². The number of phenols is 2. The summed E-state index contributed by atoms with van der Waals surface area (Å²) >= 11 is 0. The minimum absolute atomic E-state index is 0.0265. The molecule has 7 heteroatoms. The van der Waals surface area contributed by atoms with E-state index in [1.807, 2.05) is 0 Å². The fourth-order valence-electron chi connectivity index (χ4n) is 2.39. The molecule has 1 fully saturated rings. The SMILES string of the molecule is C[C@@H]1CN(c2n[nH]c(-c3c(O)cccc3O)n2)CCN1. The third kappa shape index (κ3) is 2.27. The Bertz CT molecular complexity index is 592. The molecule has 1 aliphatic rings. The molecule has 0 amide bonds. The number of nitrogens with zero attached hydrogens (tertiary/aromatic N) is 3. The molecule has 1 aliphatic heterocycles. The molecule has 2 aromatic rings. The minimum atomic E-state index is -0.0265. The number of benzene rings is 1. The van der Waals surface area contributed by atoms with Gasteiger partial charge in [-0.1, -0.05) is 6.07 Å². The lowest BCUT2D eigenvalue weighted by atomic mass is 10.1. The van der Waals surface area contributed by atoms with Crippen molar-refractivity contribution in [3.63, 3.8) is 0 Å². The molecule has 4 N–H and O–H groups in total. The zero-order valence-corrected chi connectivity index (χ0v) is 11.2. The van der Waals surface area contributed by atoms with Gasteiger partial charge in [0.1, 0.15) is 17.1 Å². The maximum atomic E-state index is 9.84. The number of aromatic amines is 1. The maximum Gasteiger partial charge on any atom is 0.245 e. The summed E-state index contributed by atoms with van der Waals surface area (Å²) in [6.45, 7) is 4.64. The van der Waals surface area contributed by atoms with Crippen molar-refractivity contribution in [2.45, 2.75) is 13.0 Å². The van der Waals surface area contributed by atoms with Crippen molar-refractivity contribution >= 4 is 5.95 Å². The average molecular weight is 275 g/mol. The highest BCUT2D eigenvalue weighted by atomic mass is 16.3. The molecule has 1 atom stereocenters. The summed E-state index contributed by atoms with van der Waals surface area (Å²) in [4.78, 5) is 6.44. The van der Waals surface area contributed by atoms with Gasteiger partial charge in [-0.05, 0) is 19.1 Å². The Morgan fingerprint density at radius 2 is 2.05 bits per heavy atom. The van der Waals surface area contributed by atoms with Crippen LogP contribution in [-0.4, -0.2) is 51.1 Å². The van der Waals surface area contributed by atoms with Crippen LogP contribution < -0.4 is 10.2 Å². The third-order valence-electron chi connectivity index (χ3n) is 3.38. The second-order valence-electron chi connectivity index (χ2n) is 4.96. The van der Waals surface area contributed by atoms with E-state index in [0.29, 0.717) is 17.8 Å². The molecule has 0 unspecified atom stereocenters. The van der Waals surface area contributed by atoms with Gasteiger partial charge in [-0.15, -0.1) is 5.10 Å². The summed E-state index contributed by atoms with van der Waals surface area (Å²) in [7, 11) is 0. The van der Waals surface area contributed by atoms with Gasteiger partial charge in [0.05, 0.1) is 0 Å². The van der Waals surface area contributed by atoms with Crippen LogP contribution in [0, 0.1) is 0 Å². The van der Waals surface area contributed by atoms with Crippen LogP contribution in [0.2, 0.25) is 0 Å². The van der Waals surface area contributed by atoms with E-state index in [2.05, 4.69) is 32.3 Å². The molecule has 0 radical (unpaired) electrons. The molecule has 1 aromatic heterocycles. The molecule has 0 bridgehead atoms. The predicted molar refractivity (Wildman–Crippen MR) is 74.8 cm³/mol. The van der Waals surface area contributed by atoms with Crippen molar-refractivity contribution in [3.05, 3.63) is 18.2 Å². The van der Waals surface area contributed by atoms with Crippen molar-refractivity contribution in [2.24, 2.45) is 0 Å². The molecular formula is C13H17N5O2. The van der Waals surface area contributed by atoms with Crippen LogP contribution in [0.25, 0.3) is 11.4 Å². The summed E-state index contributed by atoms with van der Waals surface area (Å²) < 4.78 is 0. The van der Waals surface area contributed by atoms with Gasteiger partial charge in [-0.25, -0.2) is 0 Å². The standard InChI is InChI=1S/C13H17N5O2/c1-8-7-18(6-5-14-8)13-15-12(16-17-13)11-9(19)3-2-4-10(11)20/h2-4,8,14,19-20H,5-7H2,1H3,(H,15,16,17)/t8-/m1/s1. The lowest BCUT2D eigenvalue weighted by Gasteiger charge is -2.30. The smallest absolute Gasteiger partial charge is 0.245 e. The quantitative estimate of drug-likeness (QED) is 0.643. The highest BCUT2D eigenvalue weighted by Gasteiger charge is 2.21. The van der Waals surface area contributed by atoms with Gasteiger partial charge in [0.15, 0.2) is 5.82 Å². The fourth-order valence-corrected chi connectivity index (χ4v) is 2.39. The van der Waals surface area contributed by atoms with Crippen molar-refractivity contribution in [1.82, 2.24) is 20.5 Å². The topological polar surface area (TPSA) is 97.3 Å². The van der Waals surface area contributed by atoms with E-state index in [4.69, 9.17) is 0 Å². The maximum absolute atomic E-state index is 9.84. The Balaban J connectivity index is 1.90. The van der Waals surface area contributed by atoms with Crippen LogP contribution in [0.5, 0.6) is 11.5 Å². The highest BCUT2D eigenvalue weighted by molar-refractivity contribution is 5.71. The number of aromatic nitrogens is 3. The Morgan fingerprint density at radius 3 is 2.75 bits per heavy atom. The van der Waals surface area contributed by atoms with Crippen molar-refractivity contribution < 1.29 is 10.2 Å². The van der Waals surface area contributed by atoms with Gasteiger partial charge >= 0.3 is 0 Å². The minimum Gasteiger partial charge on any atom is -0.507 e. The Labute approximate surface area is 116 Å². The number of phenolic OH excluding ortho intramolecular Hbond substituents is 2. The fraction of sp³-hybridized carbons (Fsp3) is 0.385. The first-order chi connectivity index (χ1) is 9.65. The first-order valence-electron chi connectivity index (χ1n) is 6.57. The van der Waals surface area contributed by atoms with Crippen LogP contribution in [0.4, 0.5) is 5.95 Å². The summed E-state index contributed by atoms with van der Waals surface area (Å²) in [5.41, 5.74) is 0.273. The molecular weight excluding hydrogens is 258 g/mol. The summed E-state index contributed by atoms with van der Waals surface area (Å²) in [5.74, 6) is 0.889. The molecule has 0 saturated carbocycles. The largest absolute Gasteiger partial charge is 0.507 e. The molecule has 7 nitrogen and oxygen atoms in total. The first kappa shape index (κ1) is 12.7. The van der Waals surface area contributed by atoms with Gasteiger partial charge in [-0.2, -0.15) is 4.98 Å². The van der Waals surface area contributed by atoms with E-state index in [0.717, 1.165) is 19.6 Å². The number of nitrogens with one attached hydrogen (secondary N) is 2. The van der Waals surface area contributed by atoms with Crippen LogP contribution in [-0.2, 0) is 0 Å². The molecule has 3 rings (SSSR count). The van der Waals surface area contributed by atoms with Gasteiger partial charge < -0.3 is 20.4 Å². The average Bonchev–Trinajstić information content (AvgIpc) is 2.88. The lowest BCUT2D eigenvalue weighted by molar-refractivity contribution is 0.453. The van der Waals surface area contributed by atoms with Crippen molar-refractivity contribution in [2.75, 3.05) is 24.5 Å². The second kappa shape index (κ2) is 5.01. The van der Waals surface area contributed by atoms with Crippen LogP contribution in [0.15, 0.2) is 18.2 Å². The third-order valence-corrected chi connectivity index (χ3v) is 3.38. The van der Waals surface area contributed by atoms with E-state index >= 15 is 0 Å². The van der Waals surface area contributed by atoms with E-state index in [1.54, 1.807) is 6.07 Å². The molecule has 0 spiro atoms. The van der Waals surface area contributed by atoms with Crippen LogP contribution in [0.3, 0.4) is 0 Å². The van der Waals surface area contributed by atoms with Gasteiger partial charge in [0.25, 0.3) is 0 Å². The summed E-state index contributed by atoms with van der Waals surface area (Å²) in [6.07, 6.45) is 0. The summed E-state index contributed by atoms with van der Waals surface area (Å²) in [6, 6.07) is 4.96. The number of H-pyrrole nitrogens is 1. The lowest BCUT2D eigenvalue weighted by Crippen LogP contribution is -2.49. The second-order valence-corrected chi connectivity index (χ2v) is 4.96. The van der Waals surface area contributed by atoms with Crippen LogP contribution in [0.1, 0.15) is 6.92 Å². The normalized spacial score (nSPS) is 19.2. The Kier molecular flexibility index (Phi) is 3.19. The number of hydrogen-bond donors (Lipinski definition) is 4. The van der Waals surface area contributed by atoms with Gasteiger partial charge in [-0.3, -0.25) is 5.10 Å². The predicted octanol–water partition coefficient (Wildman–Crippen LogP) is 0.681. The molecule has 0 aliphatic carbocycles. The van der Waals surface area contributed by atoms with E-state index in [9.17, 15) is 10.2 Å². The van der Waals surface area contributed by atoms with E-state index in [-0.39, 0.29) is 17.1 Å². The number of anilines is 1. The Hall–Kier alpha value is -2.28. The van der Waals surface area contributed by atoms with E-state index in [1.165, 1.54) is 12.1 Å². The first-order valence-corrected chi connectivity index (χ1v) is 6.57. The highest BCUT2D eigenvalue weighted by Crippen LogP contribution is 2.35. The Morgan fingerprint density at radius 1 is 1.30 bits per heavy atom. The van der Waals surface area contributed by atoms with Gasteiger partial charge in [0.2, 0.25) is 5.95 Å². The number of rotatable bonds is 2. The van der Waals surface area contributed by atoms with Gasteiger partial charge in [0, 0.05) is 25.7 Å². The summed E-state index contributed by atoms with van der Waals surface area (Å²) in [5, 5.41) is 30.0. The molecule has 2 heterocycles. The monoisotopic (exact) mass is 275 g/mol. The number of piperazine rings is 1. The number of hydrogen-bond acceptors (Lipinski definition) is 6. The van der Waals surface area contributed by atoms with Crippen molar-refractivity contribution in [3.8, 4) is 22.9 Å². The molecule has 20 heavy (non-hydrogen) atoms. The molecule has 106 valence electrons. The van der Waals surface area contributed by atoms with Crippen LogP contribution >= 0.6 is 0 Å².